The summed E-state index contributed by atoms with van der Waals surface area (Å²) in [5.41, 5.74) is 10.2. The third-order valence-corrected chi connectivity index (χ3v) is 3.92. The summed E-state index contributed by atoms with van der Waals surface area (Å²) in [6.45, 7) is 6.53. The van der Waals surface area contributed by atoms with E-state index in [4.69, 9.17) is 10.5 Å². The lowest BCUT2D eigenvalue weighted by atomic mass is 9.91. The minimum atomic E-state index is 0.181. The molecule has 18 heavy (non-hydrogen) atoms. The second-order valence-electron chi connectivity index (χ2n) is 5.89. The van der Waals surface area contributed by atoms with Crippen molar-refractivity contribution in [3.8, 4) is 5.75 Å². The predicted molar refractivity (Wildman–Crippen MR) is 76.1 cm³/mol. The SMILES string of the molecule is COc1cc(C)c(C(N)CC2CC2)cc1C(C)C. The zero-order valence-electron chi connectivity index (χ0n) is 12.0. The van der Waals surface area contributed by atoms with Gasteiger partial charge in [0.25, 0.3) is 0 Å². The molecule has 2 rings (SSSR count). The van der Waals surface area contributed by atoms with E-state index < -0.39 is 0 Å². The Balaban J connectivity index is 2.30. The van der Waals surface area contributed by atoms with E-state index in [1.165, 1.54) is 29.5 Å². The molecule has 1 atom stereocenters. The van der Waals surface area contributed by atoms with Gasteiger partial charge in [0.15, 0.2) is 0 Å². The van der Waals surface area contributed by atoms with E-state index in [1.807, 2.05) is 0 Å². The lowest BCUT2D eigenvalue weighted by molar-refractivity contribution is 0.406. The topological polar surface area (TPSA) is 35.2 Å². The number of ether oxygens (including phenoxy) is 1. The summed E-state index contributed by atoms with van der Waals surface area (Å²) in [6.07, 6.45) is 3.85. The Labute approximate surface area is 111 Å². The van der Waals surface area contributed by atoms with Crippen LogP contribution in [0, 0.1) is 12.8 Å². The Kier molecular flexibility index (Phi) is 3.96. The fourth-order valence-corrected chi connectivity index (χ4v) is 2.58. The molecule has 0 amide bonds. The molecule has 2 nitrogen and oxygen atoms in total. The van der Waals surface area contributed by atoms with E-state index >= 15 is 0 Å². The number of aryl methyl sites for hydroxylation is 1. The number of rotatable bonds is 5. The summed E-state index contributed by atoms with van der Waals surface area (Å²) in [6, 6.07) is 4.57. The van der Waals surface area contributed by atoms with Crippen molar-refractivity contribution in [1.29, 1.82) is 0 Å². The van der Waals surface area contributed by atoms with Crippen molar-refractivity contribution < 1.29 is 4.74 Å². The molecule has 100 valence electrons. The fraction of sp³-hybridized carbons (Fsp3) is 0.625. The van der Waals surface area contributed by atoms with E-state index in [0.29, 0.717) is 5.92 Å². The van der Waals surface area contributed by atoms with Gasteiger partial charge in [0, 0.05) is 6.04 Å². The van der Waals surface area contributed by atoms with Crippen LogP contribution in [0.25, 0.3) is 0 Å². The quantitative estimate of drug-likeness (QED) is 0.855. The lowest BCUT2D eigenvalue weighted by Crippen LogP contribution is -2.13. The van der Waals surface area contributed by atoms with Crippen molar-refractivity contribution in [2.24, 2.45) is 11.7 Å². The highest BCUT2D eigenvalue weighted by atomic mass is 16.5. The minimum Gasteiger partial charge on any atom is -0.496 e. The van der Waals surface area contributed by atoms with Crippen LogP contribution in [0.3, 0.4) is 0 Å². The van der Waals surface area contributed by atoms with Crippen LogP contribution in [0.4, 0.5) is 0 Å². The third kappa shape index (κ3) is 2.86. The second kappa shape index (κ2) is 5.31. The van der Waals surface area contributed by atoms with Gasteiger partial charge < -0.3 is 10.5 Å². The van der Waals surface area contributed by atoms with E-state index in [-0.39, 0.29) is 6.04 Å². The Morgan fingerprint density at radius 2 is 1.94 bits per heavy atom. The summed E-state index contributed by atoms with van der Waals surface area (Å²) < 4.78 is 5.47. The van der Waals surface area contributed by atoms with Crippen molar-refractivity contribution in [2.75, 3.05) is 7.11 Å². The number of nitrogens with two attached hydrogens (primary N) is 1. The number of methoxy groups -OCH3 is 1. The molecule has 1 aliphatic rings. The molecule has 1 unspecified atom stereocenters. The van der Waals surface area contributed by atoms with Crippen molar-refractivity contribution in [3.05, 3.63) is 28.8 Å². The normalized spacial score (nSPS) is 17.0. The number of hydrogen-bond donors (Lipinski definition) is 1. The molecule has 0 aliphatic heterocycles. The van der Waals surface area contributed by atoms with Crippen LogP contribution in [-0.2, 0) is 0 Å². The zero-order chi connectivity index (χ0) is 13.3. The van der Waals surface area contributed by atoms with Gasteiger partial charge >= 0.3 is 0 Å². The second-order valence-corrected chi connectivity index (χ2v) is 5.89. The highest BCUT2D eigenvalue weighted by Crippen LogP contribution is 2.39. The molecule has 0 spiro atoms. The number of benzene rings is 1. The maximum atomic E-state index is 6.36. The van der Waals surface area contributed by atoms with Crippen LogP contribution in [0.2, 0.25) is 0 Å². The Hall–Kier alpha value is -1.02. The van der Waals surface area contributed by atoms with E-state index in [2.05, 4.69) is 32.9 Å². The highest BCUT2D eigenvalue weighted by Gasteiger charge is 2.25. The average Bonchev–Trinajstić information content (AvgIpc) is 3.11. The van der Waals surface area contributed by atoms with Crippen molar-refractivity contribution >= 4 is 0 Å². The molecule has 1 aliphatic carbocycles. The smallest absolute Gasteiger partial charge is 0.122 e. The molecule has 0 bridgehead atoms. The molecular weight excluding hydrogens is 222 g/mol. The summed E-state index contributed by atoms with van der Waals surface area (Å²) in [5, 5.41) is 0. The lowest BCUT2D eigenvalue weighted by Gasteiger charge is -2.20. The van der Waals surface area contributed by atoms with Crippen molar-refractivity contribution in [1.82, 2.24) is 0 Å². The van der Waals surface area contributed by atoms with E-state index in [0.717, 1.165) is 18.1 Å². The summed E-state index contributed by atoms with van der Waals surface area (Å²) in [7, 11) is 1.74. The molecule has 2 N–H and O–H groups in total. The first-order valence-electron chi connectivity index (χ1n) is 6.97. The first-order valence-corrected chi connectivity index (χ1v) is 6.97. The van der Waals surface area contributed by atoms with Gasteiger partial charge in [-0.15, -0.1) is 0 Å². The van der Waals surface area contributed by atoms with Crippen LogP contribution in [-0.4, -0.2) is 7.11 Å². The van der Waals surface area contributed by atoms with E-state index in [9.17, 15) is 0 Å². The average molecular weight is 247 g/mol. The van der Waals surface area contributed by atoms with Crippen LogP contribution < -0.4 is 10.5 Å². The molecule has 1 fully saturated rings. The van der Waals surface area contributed by atoms with Gasteiger partial charge in [0.2, 0.25) is 0 Å². The maximum absolute atomic E-state index is 6.36. The molecule has 0 saturated heterocycles. The largest absolute Gasteiger partial charge is 0.496 e. The first kappa shape index (κ1) is 13.4. The fourth-order valence-electron chi connectivity index (χ4n) is 2.58. The zero-order valence-corrected chi connectivity index (χ0v) is 12.0. The molecular formula is C16H25NO. The molecule has 0 aromatic heterocycles. The Morgan fingerprint density at radius 1 is 1.28 bits per heavy atom. The van der Waals surface area contributed by atoms with Crippen LogP contribution in [0.15, 0.2) is 12.1 Å². The standard InChI is InChI=1S/C16H25NO/c1-10(2)13-9-14(11(3)7-16(13)18-4)15(17)8-12-5-6-12/h7,9-10,12,15H,5-6,8,17H2,1-4H3. The molecule has 0 heterocycles. The van der Waals surface area contributed by atoms with Gasteiger partial charge in [-0.1, -0.05) is 32.8 Å². The summed E-state index contributed by atoms with van der Waals surface area (Å²) in [4.78, 5) is 0. The van der Waals surface area contributed by atoms with Gasteiger partial charge in [-0.05, 0) is 47.9 Å². The molecule has 1 aromatic rings. The molecule has 1 saturated carbocycles. The van der Waals surface area contributed by atoms with Crippen molar-refractivity contribution in [3.63, 3.8) is 0 Å². The number of hydrogen-bond acceptors (Lipinski definition) is 2. The summed E-state index contributed by atoms with van der Waals surface area (Å²) >= 11 is 0. The van der Waals surface area contributed by atoms with Gasteiger partial charge in [0.1, 0.15) is 5.75 Å². The highest BCUT2D eigenvalue weighted by molar-refractivity contribution is 5.45. The van der Waals surface area contributed by atoms with Gasteiger partial charge in [-0.2, -0.15) is 0 Å². The van der Waals surface area contributed by atoms with E-state index in [1.54, 1.807) is 7.11 Å². The van der Waals surface area contributed by atoms with Crippen LogP contribution in [0.5, 0.6) is 5.75 Å². The minimum absolute atomic E-state index is 0.181. The monoisotopic (exact) mass is 247 g/mol. The maximum Gasteiger partial charge on any atom is 0.122 e. The van der Waals surface area contributed by atoms with Gasteiger partial charge in [-0.25, -0.2) is 0 Å². The third-order valence-electron chi connectivity index (χ3n) is 3.92. The Morgan fingerprint density at radius 3 is 2.44 bits per heavy atom. The molecule has 1 aromatic carbocycles. The molecule has 0 radical (unpaired) electrons. The van der Waals surface area contributed by atoms with Gasteiger partial charge in [0.05, 0.1) is 7.11 Å². The van der Waals surface area contributed by atoms with Crippen molar-refractivity contribution in [2.45, 2.75) is 52.0 Å². The summed E-state index contributed by atoms with van der Waals surface area (Å²) in [5.74, 6) is 2.32. The van der Waals surface area contributed by atoms with Crippen LogP contribution >= 0.6 is 0 Å². The first-order chi connectivity index (χ1) is 8.52. The van der Waals surface area contributed by atoms with Crippen LogP contribution in [0.1, 0.15) is 61.8 Å². The van der Waals surface area contributed by atoms with Gasteiger partial charge in [-0.3, -0.25) is 0 Å². The molecule has 2 heteroatoms. The predicted octanol–water partition coefficient (Wildman–Crippen LogP) is 3.93. The Bertz CT molecular complexity index is 421.